The lowest BCUT2D eigenvalue weighted by molar-refractivity contribution is -0.137. The van der Waals surface area contributed by atoms with E-state index in [2.05, 4.69) is 20.6 Å². The quantitative estimate of drug-likeness (QED) is 0.261. The number of nitrogens with one attached hydrogen (secondary N) is 2. The van der Waals surface area contributed by atoms with Gasteiger partial charge in [-0.15, -0.1) is 0 Å². The highest BCUT2D eigenvalue weighted by Crippen LogP contribution is 2.32. The molecule has 188 valence electrons. The molecule has 5 rings (SSSR count). The predicted molar refractivity (Wildman–Crippen MR) is 136 cm³/mol. The molecule has 0 unspecified atom stereocenters. The Morgan fingerprint density at radius 3 is 2.57 bits per heavy atom. The van der Waals surface area contributed by atoms with Crippen LogP contribution in [0.5, 0.6) is 0 Å². The Labute approximate surface area is 214 Å². The van der Waals surface area contributed by atoms with Gasteiger partial charge in [-0.3, -0.25) is 4.40 Å². The SMILES string of the molecule is Nc1nc(Cc2cccc(NC(=O)NCc3cccc(Cl)c3)c2)cn2c1nc1cc(C(F)(F)F)ccc12. The maximum absolute atomic E-state index is 13.1. The Balaban J connectivity index is 1.33. The van der Waals surface area contributed by atoms with Gasteiger partial charge in [-0.1, -0.05) is 35.9 Å². The number of hydrogen-bond acceptors (Lipinski definition) is 4. The fourth-order valence-corrected chi connectivity index (χ4v) is 4.24. The number of amides is 2. The van der Waals surface area contributed by atoms with Gasteiger partial charge in [-0.05, 0) is 53.6 Å². The Morgan fingerprint density at radius 1 is 1.00 bits per heavy atom. The number of halogens is 4. The highest BCUT2D eigenvalue weighted by Gasteiger charge is 2.31. The van der Waals surface area contributed by atoms with Crippen LogP contribution in [0.25, 0.3) is 16.7 Å². The van der Waals surface area contributed by atoms with Crippen molar-refractivity contribution in [2.75, 3.05) is 11.1 Å². The molecule has 0 fully saturated rings. The summed E-state index contributed by atoms with van der Waals surface area (Å²) in [5, 5.41) is 6.17. The standard InChI is InChI=1S/C26H20ClF3N6O/c27-18-5-1-4-16(9-18)13-32-25(37)34-19-6-2-3-15(10-19)11-20-14-36-22-8-7-17(26(28,29)30)12-21(22)35-24(36)23(31)33-20/h1-10,12,14H,11,13H2,(H2,31,33)(H2,32,34,37). The lowest BCUT2D eigenvalue weighted by Gasteiger charge is -2.10. The van der Waals surface area contributed by atoms with Gasteiger partial charge in [0.1, 0.15) is 0 Å². The molecule has 0 bridgehead atoms. The Bertz CT molecular complexity index is 1630. The van der Waals surface area contributed by atoms with E-state index in [1.165, 1.54) is 6.07 Å². The van der Waals surface area contributed by atoms with Gasteiger partial charge in [-0.25, -0.2) is 14.8 Å². The number of benzene rings is 3. The van der Waals surface area contributed by atoms with Gasteiger partial charge < -0.3 is 16.4 Å². The first kappa shape index (κ1) is 24.4. The van der Waals surface area contributed by atoms with E-state index in [4.69, 9.17) is 17.3 Å². The molecular weight excluding hydrogens is 505 g/mol. The van der Waals surface area contributed by atoms with E-state index in [1.54, 1.807) is 34.9 Å². The van der Waals surface area contributed by atoms with E-state index in [0.29, 0.717) is 34.9 Å². The molecule has 0 aliphatic carbocycles. The fraction of sp³-hybridized carbons (Fsp3) is 0.115. The van der Waals surface area contributed by atoms with E-state index >= 15 is 0 Å². The topological polar surface area (TPSA) is 97.3 Å². The van der Waals surface area contributed by atoms with Crippen LogP contribution in [-0.2, 0) is 19.1 Å². The summed E-state index contributed by atoms with van der Waals surface area (Å²) in [6, 6.07) is 17.5. The number of urea groups is 1. The Kier molecular flexibility index (Phi) is 6.34. The molecule has 7 nitrogen and oxygen atoms in total. The van der Waals surface area contributed by atoms with E-state index < -0.39 is 11.7 Å². The summed E-state index contributed by atoms with van der Waals surface area (Å²) in [6.45, 7) is 0.318. The van der Waals surface area contributed by atoms with Crippen LogP contribution >= 0.6 is 11.6 Å². The minimum absolute atomic E-state index is 0.108. The molecule has 0 aliphatic heterocycles. The number of nitrogens with two attached hydrogens (primary N) is 1. The van der Waals surface area contributed by atoms with Crippen LogP contribution in [0.15, 0.2) is 72.9 Å². The van der Waals surface area contributed by atoms with Crippen LogP contribution < -0.4 is 16.4 Å². The van der Waals surface area contributed by atoms with Crippen molar-refractivity contribution in [2.24, 2.45) is 0 Å². The smallest absolute Gasteiger partial charge is 0.381 e. The second kappa shape index (κ2) is 9.62. The van der Waals surface area contributed by atoms with Gasteiger partial charge >= 0.3 is 12.2 Å². The number of carbonyl (C=O) groups excluding carboxylic acids is 1. The summed E-state index contributed by atoms with van der Waals surface area (Å²) in [5.41, 5.74) is 9.16. The Morgan fingerprint density at radius 2 is 1.78 bits per heavy atom. The molecule has 0 radical (unpaired) electrons. The van der Waals surface area contributed by atoms with Crippen LogP contribution in [0.2, 0.25) is 5.02 Å². The van der Waals surface area contributed by atoms with Crippen molar-refractivity contribution in [2.45, 2.75) is 19.1 Å². The third-order valence-electron chi connectivity index (χ3n) is 5.70. The van der Waals surface area contributed by atoms with Crippen LogP contribution in [0.1, 0.15) is 22.4 Å². The minimum Gasteiger partial charge on any atom is -0.381 e. The third kappa shape index (κ3) is 5.44. The van der Waals surface area contributed by atoms with E-state index in [-0.39, 0.29) is 23.0 Å². The van der Waals surface area contributed by atoms with Crippen molar-refractivity contribution in [3.05, 3.63) is 100 Å². The molecule has 37 heavy (non-hydrogen) atoms. The average molecular weight is 525 g/mol. The number of aromatic nitrogens is 3. The lowest BCUT2D eigenvalue weighted by atomic mass is 10.1. The normalized spacial score (nSPS) is 11.7. The van der Waals surface area contributed by atoms with Crippen LogP contribution in [0.4, 0.5) is 29.5 Å². The zero-order valence-corrected chi connectivity index (χ0v) is 19.9. The first-order chi connectivity index (χ1) is 17.7. The number of fused-ring (bicyclic) bond motifs is 3. The van der Waals surface area contributed by atoms with Gasteiger partial charge in [0.25, 0.3) is 0 Å². The number of carbonyl (C=O) groups is 1. The minimum atomic E-state index is -4.47. The molecular formula is C26H20ClF3N6O. The van der Waals surface area contributed by atoms with E-state index in [0.717, 1.165) is 23.3 Å². The van der Waals surface area contributed by atoms with Gasteiger partial charge in [0.05, 0.1) is 22.3 Å². The molecule has 2 amide bonds. The van der Waals surface area contributed by atoms with Gasteiger partial charge in [0.15, 0.2) is 11.5 Å². The molecule has 0 spiro atoms. The molecule has 0 atom stereocenters. The summed E-state index contributed by atoms with van der Waals surface area (Å²) < 4.78 is 40.9. The first-order valence-corrected chi connectivity index (χ1v) is 11.6. The van der Waals surface area contributed by atoms with Crippen LogP contribution in [-0.4, -0.2) is 20.4 Å². The molecule has 2 aromatic heterocycles. The third-order valence-corrected chi connectivity index (χ3v) is 5.94. The largest absolute Gasteiger partial charge is 0.416 e. The summed E-state index contributed by atoms with van der Waals surface area (Å²) in [4.78, 5) is 21.0. The number of alkyl halides is 3. The zero-order valence-electron chi connectivity index (χ0n) is 19.2. The molecule has 0 saturated heterocycles. The van der Waals surface area contributed by atoms with Gasteiger partial charge in [-0.2, -0.15) is 13.2 Å². The van der Waals surface area contributed by atoms with Crippen molar-refractivity contribution in [1.82, 2.24) is 19.7 Å². The molecule has 4 N–H and O–H groups in total. The van der Waals surface area contributed by atoms with Crippen LogP contribution in [0.3, 0.4) is 0 Å². The molecule has 3 aromatic carbocycles. The predicted octanol–water partition coefficient (Wildman–Crippen LogP) is 6.05. The summed E-state index contributed by atoms with van der Waals surface area (Å²) >= 11 is 5.97. The number of rotatable bonds is 5. The second-order valence-electron chi connectivity index (χ2n) is 8.44. The first-order valence-electron chi connectivity index (χ1n) is 11.2. The average Bonchev–Trinajstić information content (AvgIpc) is 3.21. The maximum Gasteiger partial charge on any atom is 0.416 e. The van der Waals surface area contributed by atoms with Gasteiger partial charge in [0, 0.05) is 29.9 Å². The summed E-state index contributed by atoms with van der Waals surface area (Å²) in [5.74, 6) is 0.108. The van der Waals surface area contributed by atoms with Crippen molar-refractivity contribution in [3.8, 4) is 0 Å². The fourth-order valence-electron chi connectivity index (χ4n) is 4.03. The number of imidazole rings is 1. The zero-order chi connectivity index (χ0) is 26.2. The van der Waals surface area contributed by atoms with E-state index in [1.807, 2.05) is 24.3 Å². The van der Waals surface area contributed by atoms with Crippen molar-refractivity contribution >= 4 is 45.8 Å². The number of anilines is 2. The molecule has 5 aromatic rings. The highest BCUT2D eigenvalue weighted by molar-refractivity contribution is 6.30. The molecule has 11 heteroatoms. The summed E-state index contributed by atoms with van der Waals surface area (Å²) in [7, 11) is 0. The number of hydrogen-bond donors (Lipinski definition) is 3. The second-order valence-corrected chi connectivity index (χ2v) is 8.88. The van der Waals surface area contributed by atoms with E-state index in [9.17, 15) is 18.0 Å². The monoisotopic (exact) mass is 524 g/mol. The number of nitrogens with zero attached hydrogens (tertiary/aromatic N) is 3. The van der Waals surface area contributed by atoms with Crippen molar-refractivity contribution in [1.29, 1.82) is 0 Å². The van der Waals surface area contributed by atoms with Crippen molar-refractivity contribution in [3.63, 3.8) is 0 Å². The van der Waals surface area contributed by atoms with Crippen LogP contribution in [0, 0.1) is 0 Å². The molecule has 0 saturated carbocycles. The van der Waals surface area contributed by atoms with Crippen molar-refractivity contribution < 1.29 is 18.0 Å². The Hall–Kier alpha value is -4.31. The highest BCUT2D eigenvalue weighted by atomic mass is 35.5. The number of nitrogen functional groups attached to an aromatic ring is 1. The van der Waals surface area contributed by atoms with Gasteiger partial charge in [0.2, 0.25) is 0 Å². The molecule has 2 heterocycles. The summed E-state index contributed by atoms with van der Waals surface area (Å²) in [6.07, 6.45) is -2.39. The molecule has 0 aliphatic rings. The maximum atomic E-state index is 13.1. The lowest BCUT2D eigenvalue weighted by Crippen LogP contribution is -2.28.